The third kappa shape index (κ3) is 4.37. The average molecular weight is 296 g/mol. The fraction of sp³-hybridized carbons (Fsp3) is 0.462. The van der Waals surface area contributed by atoms with Crippen LogP contribution in [-0.4, -0.2) is 12.6 Å². The molecule has 92 valence electrons. The number of hydrogen-bond acceptors (Lipinski definition) is 3. The molecule has 0 heterocycles. The van der Waals surface area contributed by atoms with Crippen LogP contribution in [-0.2, 0) is 0 Å². The van der Waals surface area contributed by atoms with Crippen LogP contribution in [0.25, 0.3) is 0 Å². The highest BCUT2D eigenvalue weighted by Gasteiger charge is 2.09. The molecule has 0 aliphatic carbocycles. The van der Waals surface area contributed by atoms with Gasteiger partial charge in [0.1, 0.15) is 6.07 Å². The molecule has 1 aromatic rings. The van der Waals surface area contributed by atoms with Crippen molar-refractivity contribution in [2.45, 2.75) is 32.2 Å². The van der Waals surface area contributed by atoms with Gasteiger partial charge in [-0.2, -0.15) is 5.26 Å². The Hall–Kier alpha value is -1.05. The van der Waals surface area contributed by atoms with Crippen molar-refractivity contribution in [3.63, 3.8) is 0 Å². The molecular formula is C13H18BrN3. The van der Waals surface area contributed by atoms with Crippen molar-refractivity contribution >= 4 is 21.6 Å². The van der Waals surface area contributed by atoms with Gasteiger partial charge in [-0.25, -0.2) is 0 Å². The molecule has 4 heteroatoms. The summed E-state index contributed by atoms with van der Waals surface area (Å²) in [7, 11) is 0. The van der Waals surface area contributed by atoms with Crippen LogP contribution in [0.3, 0.4) is 0 Å². The van der Waals surface area contributed by atoms with Crippen LogP contribution in [0.4, 0.5) is 5.69 Å². The second-order valence-corrected chi connectivity index (χ2v) is 4.94. The molecule has 0 saturated carbocycles. The summed E-state index contributed by atoms with van der Waals surface area (Å²) in [6.45, 7) is 2.74. The van der Waals surface area contributed by atoms with Gasteiger partial charge in [0.25, 0.3) is 0 Å². The summed E-state index contributed by atoms with van der Waals surface area (Å²) in [5.74, 6) is 0. The Labute approximate surface area is 111 Å². The normalized spacial score (nSPS) is 11.9. The molecule has 17 heavy (non-hydrogen) atoms. The molecule has 1 unspecified atom stereocenters. The van der Waals surface area contributed by atoms with Gasteiger partial charge in [0.2, 0.25) is 0 Å². The zero-order valence-electron chi connectivity index (χ0n) is 10.0. The summed E-state index contributed by atoms with van der Waals surface area (Å²) in [6, 6.07) is 8.08. The van der Waals surface area contributed by atoms with Crippen molar-refractivity contribution in [2.75, 3.05) is 11.9 Å². The molecule has 0 aliphatic rings. The Morgan fingerprint density at radius 1 is 1.53 bits per heavy atom. The molecule has 0 bridgehead atoms. The van der Waals surface area contributed by atoms with Gasteiger partial charge in [-0.15, -0.1) is 0 Å². The van der Waals surface area contributed by atoms with Crippen LogP contribution >= 0.6 is 15.9 Å². The fourth-order valence-corrected chi connectivity index (χ4v) is 2.02. The lowest BCUT2D eigenvalue weighted by Crippen LogP contribution is -2.29. The molecule has 0 amide bonds. The zero-order chi connectivity index (χ0) is 12.7. The number of nitriles is 1. The Morgan fingerprint density at radius 2 is 2.29 bits per heavy atom. The van der Waals surface area contributed by atoms with E-state index in [9.17, 15) is 0 Å². The maximum absolute atomic E-state index is 9.06. The minimum atomic E-state index is 0.239. The molecule has 0 aromatic heterocycles. The van der Waals surface area contributed by atoms with E-state index in [1.54, 1.807) is 0 Å². The quantitative estimate of drug-likeness (QED) is 0.847. The highest BCUT2D eigenvalue weighted by Crippen LogP contribution is 2.21. The minimum absolute atomic E-state index is 0.239. The minimum Gasteiger partial charge on any atom is -0.380 e. The summed E-state index contributed by atoms with van der Waals surface area (Å²) in [6.07, 6.45) is 3.34. The molecular weight excluding hydrogens is 278 g/mol. The predicted octanol–water partition coefficient (Wildman–Crippen LogP) is 3.25. The molecule has 3 nitrogen and oxygen atoms in total. The van der Waals surface area contributed by atoms with Gasteiger partial charge in [0, 0.05) is 17.1 Å². The maximum Gasteiger partial charge on any atom is 0.101 e. The largest absolute Gasteiger partial charge is 0.380 e. The molecule has 0 spiro atoms. The van der Waals surface area contributed by atoms with Gasteiger partial charge in [0.05, 0.1) is 11.3 Å². The van der Waals surface area contributed by atoms with E-state index in [0.717, 1.165) is 29.4 Å². The topological polar surface area (TPSA) is 61.8 Å². The number of unbranched alkanes of at least 4 members (excludes halogenated alkanes) is 1. The van der Waals surface area contributed by atoms with Gasteiger partial charge >= 0.3 is 0 Å². The van der Waals surface area contributed by atoms with Gasteiger partial charge in [0.15, 0.2) is 0 Å². The lowest BCUT2D eigenvalue weighted by atomic mass is 10.1. The molecule has 1 rings (SSSR count). The molecule has 3 N–H and O–H groups in total. The lowest BCUT2D eigenvalue weighted by molar-refractivity contribution is 0.614. The second-order valence-electron chi connectivity index (χ2n) is 4.02. The summed E-state index contributed by atoms with van der Waals surface area (Å²) < 4.78 is 0.914. The number of halogens is 1. The van der Waals surface area contributed by atoms with Crippen LogP contribution in [0.15, 0.2) is 22.7 Å². The van der Waals surface area contributed by atoms with E-state index in [0.29, 0.717) is 12.1 Å². The Balaban J connectivity index is 2.75. The van der Waals surface area contributed by atoms with Crippen LogP contribution in [0, 0.1) is 11.3 Å². The fourth-order valence-electron chi connectivity index (χ4n) is 1.65. The summed E-state index contributed by atoms with van der Waals surface area (Å²) in [4.78, 5) is 0. The molecule has 1 atom stereocenters. The SMILES string of the molecule is CCCCC(CN)Nc1ccc(Br)cc1C#N. The molecule has 0 fully saturated rings. The monoisotopic (exact) mass is 295 g/mol. The van der Waals surface area contributed by atoms with Crippen molar-refractivity contribution < 1.29 is 0 Å². The van der Waals surface area contributed by atoms with E-state index in [1.807, 2.05) is 18.2 Å². The number of hydrogen-bond donors (Lipinski definition) is 2. The third-order valence-corrected chi connectivity index (χ3v) is 3.15. The van der Waals surface area contributed by atoms with Crippen LogP contribution in [0.2, 0.25) is 0 Å². The van der Waals surface area contributed by atoms with Gasteiger partial charge in [-0.1, -0.05) is 35.7 Å². The molecule has 0 aliphatic heterocycles. The van der Waals surface area contributed by atoms with Crippen molar-refractivity contribution in [2.24, 2.45) is 5.73 Å². The Morgan fingerprint density at radius 3 is 2.88 bits per heavy atom. The summed E-state index contributed by atoms with van der Waals surface area (Å²) >= 11 is 3.36. The molecule has 0 radical (unpaired) electrons. The van der Waals surface area contributed by atoms with Crippen LogP contribution in [0.1, 0.15) is 31.7 Å². The van der Waals surface area contributed by atoms with Gasteiger partial charge in [-0.05, 0) is 24.6 Å². The van der Waals surface area contributed by atoms with E-state index in [-0.39, 0.29) is 6.04 Å². The first-order chi connectivity index (χ1) is 8.21. The van der Waals surface area contributed by atoms with Crippen LogP contribution < -0.4 is 11.1 Å². The first-order valence-corrected chi connectivity index (χ1v) is 6.66. The maximum atomic E-state index is 9.06. The van der Waals surface area contributed by atoms with Crippen molar-refractivity contribution in [3.8, 4) is 6.07 Å². The Kier molecular flexibility index (Phi) is 6.03. The van der Waals surface area contributed by atoms with E-state index >= 15 is 0 Å². The number of nitrogens with two attached hydrogens (primary N) is 1. The first kappa shape index (κ1) is 14.0. The van der Waals surface area contributed by atoms with Crippen molar-refractivity contribution in [1.82, 2.24) is 0 Å². The standard InChI is InChI=1S/C13H18BrN3/c1-2-3-4-12(9-16)17-13-6-5-11(14)7-10(13)8-15/h5-7,12,17H,2-4,9,16H2,1H3. The van der Waals surface area contributed by atoms with E-state index in [2.05, 4.69) is 34.2 Å². The van der Waals surface area contributed by atoms with Gasteiger partial charge < -0.3 is 11.1 Å². The third-order valence-electron chi connectivity index (χ3n) is 2.65. The number of nitrogens with one attached hydrogen (secondary N) is 1. The van der Waals surface area contributed by atoms with Crippen molar-refractivity contribution in [3.05, 3.63) is 28.2 Å². The molecule has 1 aromatic carbocycles. The Bertz CT molecular complexity index is 398. The predicted molar refractivity (Wildman–Crippen MR) is 74.8 cm³/mol. The lowest BCUT2D eigenvalue weighted by Gasteiger charge is -2.18. The highest BCUT2D eigenvalue weighted by molar-refractivity contribution is 9.10. The average Bonchev–Trinajstić information content (AvgIpc) is 2.35. The van der Waals surface area contributed by atoms with E-state index in [4.69, 9.17) is 11.0 Å². The first-order valence-electron chi connectivity index (χ1n) is 5.87. The molecule has 0 saturated heterocycles. The number of anilines is 1. The van der Waals surface area contributed by atoms with Crippen LogP contribution in [0.5, 0.6) is 0 Å². The van der Waals surface area contributed by atoms with E-state index < -0.39 is 0 Å². The summed E-state index contributed by atoms with van der Waals surface area (Å²) in [5.41, 5.74) is 7.24. The smallest absolute Gasteiger partial charge is 0.101 e. The second kappa shape index (κ2) is 7.31. The van der Waals surface area contributed by atoms with E-state index in [1.165, 1.54) is 0 Å². The number of rotatable bonds is 6. The van der Waals surface area contributed by atoms with Crippen molar-refractivity contribution in [1.29, 1.82) is 5.26 Å². The highest BCUT2D eigenvalue weighted by atomic mass is 79.9. The zero-order valence-corrected chi connectivity index (χ0v) is 11.6. The summed E-state index contributed by atoms with van der Waals surface area (Å²) in [5, 5.41) is 12.4. The number of nitrogens with zero attached hydrogens (tertiary/aromatic N) is 1. The number of benzene rings is 1. The van der Waals surface area contributed by atoms with Gasteiger partial charge in [-0.3, -0.25) is 0 Å².